The molecular weight excluding hydrogens is 199 g/mol. The highest BCUT2D eigenvalue weighted by Crippen LogP contribution is 2.54. The first-order valence-electron chi connectivity index (χ1n) is 3.75. The summed E-state index contributed by atoms with van der Waals surface area (Å²) in [6.07, 6.45) is 1.54. The number of aryl methyl sites for hydroxylation is 1. The van der Waals surface area contributed by atoms with Gasteiger partial charge in [0.25, 0.3) is 0 Å². The topological polar surface area (TPSA) is 38.9 Å². The molecule has 12 heavy (non-hydrogen) atoms. The van der Waals surface area contributed by atoms with E-state index in [-0.39, 0.29) is 5.92 Å². The van der Waals surface area contributed by atoms with Gasteiger partial charge in [-0.25, -0.2) is 0 Å². The van der Waals surface area contributed by atoms with Crippen LogP contribution in [0.5, 0.6) is 0 Å². The molecule has 0 aliphatic heterocycles. The van der Waals surface area contributed by atoms with Gasteiger partial charge in [0, 0.05) is 19.3 Å². The lowest BCUT2D eigenvalue weighted by atomic mass is 10.3. The predicted octanol–water partition coefficient (Wildman–Crippen LogP) is 2.11. The first kappa shape index (κ1) is 8.32. The quantitative estimate of drug-likeness (QED) is 0.697. The second-order valence-electron chi connectivity index (χ2n) is 3.10. The van der Waals surface area contributed by atoms with Crippen molar-refractivity contribution in [3.63, 3.8) is 0 Å². The third-order valence-corrected chi connectivity index (χ3v) is 2.88. The summed E-state index contributed by atoms with van der Waals surface area (Å²) in [5.41, 5.74) is 0. The number of alkyl halides is 2. The van der Waals surface area contributed by atoms with Gasteiger partial charge < -0.3 is 4.52 Å². The standard InChI is InChI=1S/C7H8Cl2N2O/c1-4-10-6(11-12-4)2-5-3-7(5,8)9/h5H,2-3H2,1H3/t5-/m0/s1. The van der Waals surface area contributed by atoms with E-state index in [9.17, 15) is 0 Å². The average Bonchev–Trinajstić information content (AvgIpc) is 2.41. The number of hydrogen-bond acceptors (Lipinski definition) is 3. The van der Waals surface area contributed by atoms with Gasteiger partial charge in [-0.1, -0.05) is 5.16 Å². The fourth-order valence-corrected chi connectivity index (χ4v) is 1.66. The van der Waals surface area contributed by atoms with Gasteiger partial charge in [0.15, 0.2) is 5.82 Å². The maximum atomic E-state index is 5.84. The summed E-state index contributed by atoms with van der Waals surface area (Å²) >= 11 is 11.7. The van der Waals surface area contributed by atoms with Crippen molar-refractivity contribution in [3.05, 3.63) is 11.7 Å². The molecule has 0 amide bonds. The fourth-order valence-electron chi connectivity index (χ4n) is 1.14. The van der Waals surface area contributed by atoms with Crippen molar-refractivity contribution in [2.75, 3.05) is 0 Å². The molecule has 0 radical (unpaired) electrons. The number of hydrogen-bond donors (Lipinski definition) is 0. The highest BCUT2D eigenvalue weighted by Gasteiger charge is 2.51. The normalized spacial score (nSPS) is 25.8. The van der Waals surface area contributed by atoms with E-state index in [1.165, 1.54) is 0 Å². The van der Waals surface area contributed by atoms with E-state index in [0.29, 0.717) is 18.1 Å². The van der Waals surface area contributed by atoms with E-state index >= 15 is 0 Å². The SMILES string of the molecule is Cc1nc(C[C@H]2CC2(Cl)Cl)no1. The van der Waals surface area contributed by atoms with Gasteiger partial charge in [-0.2, -0.15) is 4.98 Å². The summed E-state index contributed by atoms with van der Waals surface area (Å²) in [4.78, 5) is 4.06. The first-order chi connectivity index (χ1) is 5.58. The van der Waals surface area contributed by atoms with Crippen molar-refractivity contribution in [1.29, 1.82) is 0 Å². The molecule has 0 aromatic carbocycles. The summed E-state index contributed by atoms with van der Waals surface area (Å²) in [6, 6.07) is 0. The van der Waals surface area contributed by atoms with Gasteiger partial charge in [-0.05, 0) is 6.42 Å². The van der Waals surface area contributed by atoms with Crippen molar-refractivity contribution in [3.8, 4) is 0 Å². The van der Waals surface area contributed by atoms with Crippen molar-refractivity contribution >= 4 is 23.2 Å². The summed E-state index contributed by atoms with van der Waals surface area (Å²) in [5, 5.41) is 3.76. The van der Waals surface area contributed by atoms with Crippen molar-refractivity contribution < 1.29 is 4.52 Å². The lowest BCUT2D eigenvalue weighted by Crippen LogP contribution is -1.96. The van der Waals surface area contributed by atoms with Gasteiger partial charge in [0.05, 0.1) is 0 Å². The smallest absolute Gasteiger partial charge is 0.223 e. The van der Waals surface area contributed by atoms with Gasteiger partial charge in [-0.15, -0.1) is 23.2 Å². The van der Waals surface area contributed by atoms with Gasteiger partial charge >= 0.3 is 0 Å². The number of halogens is 2. The zero-order chi connectivity index (χ0) is 8.77. The zero-order valence-electron chi connectivity index (χ0n) is 6.55. The van der Waals surface area contributed by atoms with E-state index in [0.717, 1.165) is 6.42 Å². The molecule has 0 saturated heterocycles. The third kappa shape index (κ3) is 1.57. The molecule has 1 saturated carbocycles. The van der Waals surface area contributed by atoms with E-state index in [1.807, 2.05) is 0 Å². The average molecular weight is 207 g/mol. The molecule has 0 spiro atoms. The summed E-state index contributed by atoms with van der Waals surface area (Å²) in [6.45, 7) is 1.76. The van der Waals surface area contributed by atoms with Crippen LogP contribution in [0.4, 0.5) is 0 Å². The van der Waals surface area contributed by atoms with Crippen LogP contribution < -0.4 is 0 Å². The molecule has 0 bridgehead atoms. The Labute approximate surface area is 80.0 Å². The number of rotatable bonds is 2. The van der Waals surface area contributed by atoms with Crippen LogP contribution in [0, 0.1) is 12.8 Å². The van der Waals surface area contributed by atoms with Crippen molar-refractivity contribution in [1.82, 2.24) is 10.1 Å². The highest BCUT2D eigenvalue weighted by atomic mass is 35.5. The second kappa shape index (κ2) is 2.60. The fraction of sp³-hybridized carbons (Fsp3) is 0.714. The van der Waals surface area contributed by atoms with Crippen LogP contribution in [-0.4, -0.2) is 14.5 Å². The van der Waals surface area contributed by atoms with Crippen molar-refractivity contribution in [2.45, 2.75) is 24.1 Å². The number of nitrogens with zero attached hydrogens (tertiary/aromatic N) is 2. The highest BCUT2D eigenvalue weighted by molar-refractivity contribution is 6.50. The maximum Gasteiger partial charge on any atom is 0.223 e. The first-order valence-corrected chi connectivity index (χ1v) is 4.50. The molecule has 1 aromatic heterocycles. The minimum atomic E-state index is -0.547. The Balaban J connectivity index is 1.97. The van der Waals surface area contributed by atoms with Gasteiger partial charge in [0.2, 0.25) is 5.89 Å². The third-order valence-electron chi connectivity index (χ3n) is 1.95. The lowest BCUT2D eigenvalue weighted by Gasteiger charge is -1.93. The molecule has 1 aromatic rings. The zero-order valence-corrected chi connectivity index (χ0v) is 8.06. The molecule has 66 valence electrons. The largest absolute Gasteiger partial charge is 0.340 e. The van der Waals surface area contributed by atoms with E-state index in [4.69, 9.17) is 27.7 Å². The minimum absolute atomic E-state index is 0.290. The molecular formula is C7H8Cl2N2O. The Morgan fingerprint density at radius 2 is 2.33 bits per heavy atom. The second-order valence-corrected chi connectivity index (χ2v) is 4.64. The molecule has 3 nitrogen and oxygen atoms in total. The van der Waals surface area contributed by atoms with E-state index < -0.39 is 4.33 Å². The molecule has 1 atom stereocenters. The molecule has 1 heterocycles. The Kier molecular flexibility index (Phi) is 1.81. The minimum Gasteiger partial charge on any atom is -0.340 e. The van der Waals surface area contributed by atoms with Gasteiger partial charge in [-0.3, -0.25) is 0 Å². The molecule has 5 heteroatoms. The van der Waals surface area contributed by atoms with Crippen LogP contribution in [0.15, 0.2) is 4.52 Å². The van der Waals surface area contributed by atoms with Crippen LogP contribution in [0.3, 0.4) is 0 Å². The Hall–Kier alpha value is -0.280. The summed E-state index contributed by atoms with van der Waals surface area (Å²) in [5.74, 6) is 1.57. The van der Waals surface area contributed by atoms with Gasteiger partial charge in [0.1, 0.15) is 4.33 Å². The monoisotopic (exact) mass is 206 g/mol. The molecule has 1 fully saturated rings. The maximum absolute atomic E-state index is 5.84. The van der Waals surface area contributed by atoms with Crippen molar-refractivity contribution in [2.24, 2.45) is 5.92 Å². The molecule has 1 aliphatic rings. The van der Waals surface area contributed by atoms with Crippen LogP contribution in [0.2, 0.25) is 0 Å². The lowest BCUT2D eigenvalue weighted by molar-refractivity contribution is 0.386. The molecule has 2 rings (SSSR count). The molecule has 0 unspecified atom stereocenters. The number of aromatic nitrogens is 2. The summed E-state index contributed by atoms with van der Waals surface area (Å²) < 4.78 is 4.27. The van der Waals surface area contributed by atoms with E-state index in [1.54, 1.807) is 6.92 Å². The molecule has 0 N–H and O–H groups in total. The molecule has 1 aliphatic carbocycles. The van der Waals surface area contributed by atoms with Crippen LogP contribution >= 0.6 is 23.2 Å². The van der Waals surface area contributed by atoms with Crippen LogP contribution in [-0.2, 0) is 6.42 Å². The predicted molar refractivity (Wildman–Crippen MR) is 45.3 cm³/mol. The van der Waals surface area contributed by atoms with Crippen LogP contribution in [0.25, 0.3) is 0 Å². The Bertz CT molecular complexity index is 297. The summed E-state index contributed by atoms with van der Waals surface area (Å²) in [7, 11) is 0. The Morgan fingerprint density at radius 3 is 2.75 bits per heavy atom. The van der Waals surface area contributed by atoms with E-state index in [2.05, 4.69) is 10.1 Å². The van der Waals surface area contributed by atoms with Crippen LogP contribution in [0.1, 0.15) is 18.1 Å². The Morgan fingerprint density at radius 1 is 1.67 bits per heavy atom.